The summed E-state index contributed by atoms with van der Waals surface area (Å²) in [4.78, 5) is 16.5. The van der Waals surface area contributed by atoms with Crippen LogP contribution in [0.3, 0.4) is 0 Å². The van der Waals surface area contributed by atoms with Gasteiger partial charge in [0.25, 0.3) is 0 Å². The molecule has 0 saturated carbocycles. The van der Waals surface area contributed by atoms with E-state index >= 15 is 0 Å². The number of para-hydroxylation sites is 1. The van der Waals surface area contributed by atoms with Crippen molar-refractivity contribution in [2.45, 2.75) is 33.3 Å². The molecule has 0 spiro atoms. The van der Waals surface area contributed by atoms with Crippen molar-refractivity contribution in [3.05, 3.63) is 41.9 Å². The number of esters is 1. The van der Waals surface area contributed by atoms with Gasteiger partial charge in [0.05, 0.1) is 0 Å². The van der Waals surface area contributed by atoms with Gasteiger partial charge in [-0.2, -0.15) is 0 Å². The second-order valence-corrected chi connectivity index (χ2v) is 5.57. The van der Waals surface area contributed by atoms with E-state index in [0.717, 1.165) is 5.69 Å². The molecule has 2 N–H and O–H groups in total. The van der Waals surface area contributed by atoms with Crippen molar-refractivity contribution in [3.8, 4) is 5.69 Å². The summed E-state index contributed by atoms with van der Waals surface area (Å²) in [6.45, 7) is 7.25. The highest BCUT2D eigenvalue weighted by atomic mass is 16.6. The lowest BCUT2D eigenvalue weighted by Crippen LogP contribution is -2.26. The number of rotatable bonds is 2. The van der Waals surface area contributed by atoms with Crippen LogP contribution in [0.1, 0.15) is 37.1 Å². The minimum Gasteiger partial charge on any atom is -0.455 e. The summed E-state index contributed by atoms with van der Waals surface area (Å²) < 4.78 is 7.11. The zero-order chi connectivity index (χ0) is 14.9. The minimum absolute atomic E-state index is 0.181. The van der Waals surface area contributed by atoms with E-state index in [-0.39, 0.29) is 11.5 Å². The molecule has 0 aliphatic heterocycles. The molecule has 106 valence electrons. The lowest BCUT2D eigenvalue weighted by Gasteiger charge is -2.20. The van der Waals surface area contributed by atoms with Crippen LogP contribution in [0.2, 0.25) is 0 Å². The van der Waals surface area contributed by atoms with Crippen LogP contribution >= 0.6 is 0 Å². The van der Waals surface area contributed by atoms with E-state index in [2.05, 4.69) is 4.98 Å². The number of ether oxygens (including phenoxy) is 1. The Kier molecular flexibility index (Phi) is 3.53. The third-order valence-corrected chi connectivity index (χ3v) is 2.68. The molecular weight excluding hydrogens is 254 g/mol. The molecule has 1 aromatic carbocycles. The maximum absolute atomic E-state index is 12.3. The van der Waals surface area contributed by atoms with Gasteiger partial charge >= 0.3 is 5.97 Å². The summed E-state index contributed by atoms with van der Waals surface area (Å²) in [6, 6.07) is 9.48. The first-order chi connectivity index (χ1) is 9.29. The molecule has 2 rings (SSSR count). The van der Waals surface area contributed by atoms with Gasteiger partial charge in [0, 0.05) is 5.69 Å². The van der Waals surface area contributed by atoms with Gasteiger partial charge in [-0.3, -0.25) is 4.57 Å². The summed E-state index contributed by atoms with van der Waals surface area (Å²) in [6.07, 6.45) is 0. The molecule has 0 radical (unpaired) electrons. The Morgan fingerprint density at radius 3 is 2.40 bits per heavy atom. The highest BCUT2D eigenvalue weighted by molar-refractivity contribution is 5.93. The van der Waals surface area contributed by atoms with Gasteiger partial charge < -0.3 is 10.5 Å². The van der Waals surface area contributed by atoms with E-state index in [1.165, 1.54) is 0 Å². The van der Waals surface area contributed by atoms with Crippen LogP contribution in [0.4, 0.5) is 5.82 Å². The van der Waals surface area contributed by atoms with Crippen molar-refractivity contribution in [1.82, 2.24) is 9.55 Å². The molecule has 1 aromatic heterocycles. The monoisotopic (exact) mass is 273 g/mol. The molecule has 0 fully saturated rings. The molecule has 0 atom stereocenters. The van der Waals surface area contributed by atoms with Gasteiger partial charge in [-0.25, -0.2) is 9.78 Å². The highest BCUT2D eigenvalue weighted by Crippen LogP contribution is 2.22. The number of anilines is 1. The second-order valence-electron chi connectivity index (χ2n) is 5.57. The summed E-state index contributed by atoms with van der Waals surface area (Å²) in [5, 5.41) is 0. The summed E-state index contributed by atoms with van der Waals surface area (Å²) >= 11 is 0. The number of nitrogens with two attached hydrogens (primary N) is 1. The van der Waals surface area contributed by atoms with Crippen molar-refractivity contribution in [2.24, 2.45) is 0 Å². The zero-order valence-corrected chi connectivity index (χ0v) is 12.2. The van der Waals surface area contributed by atoms with Gasteiger partial charge in [0.1, 0.15) is 11.4 Å². The smallest absolute Gasteiger partial charge is 0.359 e. The Morgan fingerprint density at radius 2 is 1.85 bits per heavy atom. The lowest BCUT2D eigenvalue weighted by molar-refractivity contribution is 0.00616. The first kappa shape index (κ1) is 14.1. The third-order valence-electron chi connectivity index (χ3n) is 2.68. The fourth-order valence-corrected chi connectivity index (χ4v) is 1.97. The summed E-state index contributed by atoms with van der Waals surface area (Å²) in [5.74, 6) is 0.356. The van der Waals surface area contributed by atoms with Gasteiger partial charge in [-0.1, -0.05) is 18.2 Å². The zero-order valence-electron chi connectivity index (χ0n) is 12.2. The number of aromatic nitrogens is 2. The fraction of sp³-hybridized carbons (Fsp3) is 0.333. The van der Waals surface area contributed by atoms with Crippen LogP contribution in [-0.4, -0.2) is 21.1 Å². The third kappa shape index (κ3) is 2.82. The van der Waals surface area contributed by atoms with Crippen LogP contribution in [0.5, 0.6) is 0 Å². The van der Waals surface area contributed by atoms with Crippen molar-refractivity contribution < 1.29 is 9.53 Å². The minimum atomic E-state index is -0.580. The largest absolute Gasteiger partial charge is 0.455 e. The molecule has 2 aromatic rings. The summed E-state index contributed by atoms with van der Waals surface area (Å²) in [7, 11) is 0. The summed E-state index contributed by atoms with van der Waals surface area (Å²) in [5.41, 5.74) is 6.38. The average Bonchev–Trinajstić information content (AvgIpc) is 2.63. The number of imidazole rings is 1. The molecule has 20 heavy (non-hydrogen) atoms. The van der Waals surface area contributed by atoms with E-state index in [4.69, 9.17) is 10.5 Å². The molecule has 0 saturated heterocycles. The van der Waals surface area contributed by atoms with E-state index in [1.807, 2.05) is 51.1 Å². The SMILES string of the molecule is Cc1nc(N)c(C(=O)OC(C)(C)C)n1-c1ccccc1. The maximum Gasteiger partial charge on any atom is 0.359 e. The highest BCUT2D eigenvalue weighted by Gasteiger charge is 2.26. The van der Waals surface area contributed by atoms with Gasteiger partial charge in [-0.05, 0) is 39.8 Å². The predicted molar refractivity (Wildman–Crippen MR) is 77.9 cm³/mol. The molecule has 0 aliphatic carbocycles. The standard InChI is InChI=1S/C15H19N3O2/c1-10-17-13(16)12(14(19)20-15(2,3)4)18(10)11-8-6-5-7-9-11/h5-9H,16H2,1-4H3. The van der Waals surface area contributed by atoms with Crippen molar-refractivity contribution >= 4 is 11.8 Å². The normalized spacial score (nSPS) is 11.4. The molecule has 5 nitrogen and oxygen atoms in total. The quantitative estimate of drug-likeness (QED) is 0.854. The van der Waals surface area contributed by atoms with Crippen LogP contribution in [0, 0.1) is 6.92 Å². The van der Waals surface area contributed by atoms with Crippen molar-refractivity contribution in [2.75, 3.05) is 5.73 Å². The van der Waals surface area contributed by atoms with E-state index in [9.17, 15) is 4.79 Å². The second kappa shape index (κ2) is 5.00. The molecule has 0 aliphatic rings. The first-order valence-electron chi connectivity index (χ1n) is 6.43. The number of hydrogen-bond donors (Lipinski definition) is 1. The number of nitrogens with zero attached hydrogens (tertiary/aromatic N) is 2. The number of carbonyl (C=O) groups excluding carboxylic acids is 1. The Balaban J connectivity index is 2.52. The number of benzene rings is 1. The van der Waals surface area contributed by atoms with Crippen LogP contribution in [-0.2, 0) is 4.74 Å². The number of aryl methyl sites for hydroxylation is 1. The molecule has 0 unspecified atom stereocenters. The maximum atomic E-state index is 12.3. The Labute approximate surface area is 118 Å². The molecular formula is C15H19N3O2. The predicted octanol–water partition coefficient (Wildman–Crippen LogP) is 2.72. The van der Waals surface area contributed by atoms with Crippen molar-refractivity contribution in [1.29, 1.82) is 0 Å². The van der Waals surface area contributed by atoms with Gasteiger partial charge in [0.15, 0.2) is 11.5 Å². The van der Waals surface area contributed by atoms with Crippen LogP contribution in [0.25, 0.3) is 5.69 Å². The molecule has 1 heterocycles. The van der Waals surface area contributed by atoms with E-state index in [0.29, 0.717) is 5.82 Å². The van der Waals surface area contributed by atoms with Crippen LogP contribution < -0.4 is 5.73 Å². The number of carbonyl (C=O) groups is 1. The lowest BCUT2D eigenvalue weighted by atomic mass is 10.2. The van der Waals surface area contributed by atoms with E-state index in [1.54, 1.807) is 11.5 Å². The Hall–Kier alpha value is -2.30. The van der Waals surface area contributed by atoms with E-state index < -0.39 is 11.6 Å². The van der Waals surface area contributed by atoms with Gasteiger partial charge in [0.2, 0.25) is 0 Å². The fourth-order valence-electron chi connectivity index (χ4n) is 1.97. The Bertz CT molecular complexity index is 625. The molecule has 0 amide bonds. The van der Waals surface area contributed by atoms with Gasteiger partial charge in [-0.15, -0.1) is 0 Å². The number of hydrogen-bond acceptors (Lipinski definition) is 4. The molecule has 0 bridgehead atoms. The Morgan fingerprint density at radius 1 is 1.25 bits per heavy atom. The molecule has 5 heteroatoms. The van der Waals surface area contributed by atoms with Crippen molar-refractivity contribution in [3.63, 3.8) is 0 Å². The van der Waals surface area contributed by atoms with Crippen LogP contribution in [0.15, 0.2) is 30.3 Å². The first-order valence-corrected chi connectivity index (χ1v) is 6.43. The topological polar surface area (TPSA) is 70.1 Å². The number of nitrogen functional groups attached to an aromatic ring is 1. The average molecular weight is 273 g/mol.